The highest BCUT2D eigenvalue weighted by Crippen LogP contribution is 2.43. The van der Waals surface area contributed by atoms with Gasteiger partial charge in [0, 0.05) is 23.4 Å². The summed E-state index contributed by atoms with van der Waals surface area (Å²) in [6, 6.07) is 0.799. The molecule has 3 nitrogen and oxygen atoms in total. The van der Waals surface area contributed by atoms with Crippen molar-refractivity contribution >= 4 is 11.3 Å². The van der Waals surface area contributed by atoms with Crippen molar-refractivity contribution in [2.24, 2.45) is 0 Å². The fraction of sp³-hybridized carbons (Fsp3) is 0.824. The van der Waals surface area contributed by atoms with Gasteiger partial charge in [-0.25, -0.2) is 4.98 Å². The molecule has 1 saturated heterocycles. The number of nitrogens with zero attached hydrogens (tertiary/aromatic N) is 2. The van der Waals surface area contributed by atoms with Crippen LogP contribution in [0.1, 0.15) is 72.9 Å². The molecule has 0 radical (unpaired) electrons. The van der Waals surface area contributed by atoms with E-state index in [1.165, 1.54) is 80.0 Å². The Hall–Kier alpha value is -0.450. The minimum Gasteiger partial charge on any atom is -0.309 e. The molecule has 0 unspecified atom stereocenters. The van der Waals surface area contributed by atoms with Crippen molar-refractivity contribution in [2.45, 2.75) is 76.4 Å². The van der Waals surface area contributed by atoms with Crippen molar-refractivity contribution < 1.29 is 0 Å². The molecular weight excluding hydrogens is 278 g/mol. The van der Waals surface area contributed by atoms with Crippen LogP contribution in [0.5, 0.6) is 0 Å². The molecule has 0 atom stereocenters. The number of nitrogens with one attached hydrogen (secondary N) is 1. The van der Waals surface area contributed by atoms with E-state index in [0.29, 0.717) is 0 Å². The number of likely N-dealkylation sites (tertiary alicyclic amines) is 1. The third-order valence-corrected chi connectivity index (χ3v) is 5.98. The van der Waals surface area contributed by atoms with E-state index < -0.39 is 0 Å². The van der Waals surface area contributed by atoms with E-state index in [4.69, 9.17) is 4.98 Å². The quantitative estimate of drug-likeness (QED) is 0.869. The largest absolute Gasteiger partial charge is 0.309 e. The molecule has 0 bridgehead atoms. The Morgan fingerprint density at radius 1 is 1.05 bits per heavy atom. The second-order valence-electron chi connectivity index (χ2n) is 7.04. The molecule has 1 N–H and O–H groups in total. The molecule has 1 aliphatic heterocycles. The van der Waals surface area contributed by atoms with Crippen LogP contribution in [0, 0.1) is 0 Å². The molecule has 3 fully saturated rings. The Labute approximate surface area is 132 Å². The number of rotatable bonds is 6. The van der Waals surface area contributed by atoms with Gasteiger partial charge in [0.05, 0.1) is 12.2 Å². The molecule has 0 spiro atoms. The van der Waals surface area contributed by atoms with Crippen molar-refractivity contribution in [1.29, 1.82) is 0 Å². The minimum absolute atomic E-state index is 0.787. The maximum atomic E-state index is 5.03. The third kappa shape index (κ3) is 3.85. The van der Waals surface area contributed by atoms with Gasteiger partial charge in [-0.1, -0.05) is 12.8 Å². The summed E-state index contributed by atoms with van der Waals surface area (Å²) in [5.41, 5.74) is 1.44. The molecule has 2 heterocycles. The van der Waals surface area contributed by atoms with Gasteiger partial charge in [0.2, 0.25) is 0 Å². The predicted octanol–water partition coefficient (Wildman–Crippen LogP) is 3.65. The molecule has 4 heteroatoms. The Morgan fingerprint density at radius 2 is 1.81 bits per heavy atom. The highest BCUT2D eigenvalue weighted by Gasteiger charge is 2.30. The zero-order chi connectivity index (χ0) is 14.1. The predicted molar refractivity (Wildman–Crippen MR) is 87.7 cm³/mol. The van der Waals surface area contributed by atoms with E-state index in [1.807, 2.05) is 11.3 Å². The average Bonchev–Trinajstić information content (AvgIpc) is 3.37. The minimum atomic E-state index is 0.787. The van der Waals surface area contributed by atoms with Crippen LogP contribution in [0.15, 0.2) is 0 Å². The molecule has 2 saturated carbocycles. The molecule has 116 valence electrons. The fourth-order valence-corrected chi connectivity index (χ4v) is 4.44. The number of hydrogen-bond donors (Lipinski definition) is 1. The zero-order valence-corrected chi connectivity index (χ0v) is 13.8. The summed E-state index contributed by atoms with van der Waals surface area (Å²) in [5, 5.41) is 5.05. The van der Waals surface area contributed by atoms with Gasteiger partial charge in [0.15, 0.2) is 0 Å². The first-order valence-corrected chi connectivity index (χ1v) is 9.64. The van der Waals surface area contributed by atoms with Gasteiger partial charge in [0.25, 0.3) is 0 Å². The Kier molecular flexibility index (Phi) is 4.28. The molecule has 2 aliphatic carbocycles. The standard InChI is InChI=1S/C17H27N3S/c1-2-4-10-20(9-3-1)12-16-19-17(13-5-6-13)15(21-16)11-18-14-7-8-14/h13-14,18H,1-12H2. The Morgan fingerprint density at radius 3 is 2.48 bits per heavy atom. The smallest absolute Gasteiger partial charge is 0.107 e. The second kappa shape index (κ2) is 6.35. The number of aromatic nitrogens is 1. The van der Waals surface area contributed by atoms with Gasteiger partial charge in [-0.2, -0.15) is 0 Å². The lowest BCUT2D eigenvalue weighted by atomic mass is 10.2. The first-order chi connectivity index (χ1) is 10.4. The van der Waals surface area contributed by atoms with Gasteiger partial charge in [0.1, 0.15) is 5.01 Å². The topological polar surface area (TPSA) is 28.2 Å². The normalized spacial score (nSPS) is 24.2. The van der Waals surface area contributed by atoms with Crippen LogP contribution >= 0.6 is 11.3 Å². The van der Waals surface area contributed by atoms with Crippen LogP contribution in [0.3, 0.4) is 0 Å². The van der Waals surface area contributed by atoms with Crippen LogP contribution in [-0.4, -0.2) is 29.0 Å². The molecular formula is C17H27N3S. The third-order valence-electron chi connectivity index (χ3n) is 4.92. The summed E-state index contributed by atoms with van der Waals surface area (Å²) in [4.78, 5) is 9.19. The van der Waals surface area contributed by atoms with Crippen LogP contribution in [0.2, 0.25) is 0 Å². The molecule has 4 rings (SSSR count). The molecule has 3 aliphatic rings. The fourth-order valence-electron chi connectivity index (χ4n) is 3.29. The lowest BCUT2D eigenvalue weighted by Gasteiger charge is -2.17. The average molecular weight is 305 g/mol. The van der Waals surface area contributed by atoms with Gasteiger partial charge < -0.3 is 5.32 Å². The first-order valence-electron chi connectivity index (χ1n) is 8.83. The monoisotopic (exact) mass is 305 g/mol. The van der Waals surface area contributed by atoms with Gasteiger partial charge >= 0.3 is 0 Å². The van der Waals surface area contributed by atoms with E-state index in [9.17, 15) is 0 Å². The van der Waals surface area contributed by atoms with Gasteiger partial charge in [-0.15, -0.1) is 11.3 Å². The summed E-state index contributed by atoms with van der Waals surface area (Å²) in [6.45, 7) is 4.70. The number of thiazole rings is 1. The molecule has 21 heavy (non-hydrogen) atoms. The van der Waals surface area contributed by atoms with Crippen LogP contribution < -0.4 is 5.32 Å². The molecule has 1 aromatic rings. The van der Waals surface area contributed by atoms with Crippen LogP contribution in [-0.2, 0) is 13.1 Å². The lowest BCUT2D eigenvalue weighted by Crippen LogP contribution is -2.23. The van der Waals surface area contributed by atoms with E-state index in [1.54, 1.807) is 0 Å². The highest BCUT2D eigenvalue weighted by molar-refractivity contribution is 7.11. The van der Waals surface area contributed by atoms with Crippen LogP contribution in [0.4, 0.5) is 0 Å². The van der Waals surface area contributed by atoms with E-state index in [-0.39, 0.29) is 0 Å². The summed E-state index contributed by atoms with van der Waals surface area (Å²) >= 11 is 1.98. The summed E-state index contributed by atoms with van der Waals surface area (Å²) < 4.78 is 0. The van der Waals surface area contributed by atoms with Crippen molar-refractivity contribution in [3.63, 3.8) is 0 Å². The van der Waals surface area contributed by atoms with Crippen molar-refractivity contribution in [3.05, 3.63) is 15.6 Å². The van der Waals surface area contributed by atoms with Crippen LogP contribution in [0.25, 0.3) is 0 Å². The van der Waals surface area contributed by atoms with E-state index >= 15 is 0 Å². The van der Waals surface area contributed by atoms with Crippen molar-refractivity contribution in [1.82, 2.24) is 15.2 Å². The maximum Gasteiger partial charge on any atom is 0.107 e. The van der Waals surface area contributed by atoms with E-state index in [0.717, 1.165) is 25.0 Å². The highest BCUT2D eigenvalue weighted by atomic mass is 32.1. The Bertz CT molecular complexity index is 468. The zero-order valence-electron chi connectivity index (χ0n) is 12.9. The van der Waals surface area contributed by atoms with Crippen molar-refractivity contribution in [2.75, 3.05) is 13.1 Å². The number of hydrogen-bond acceptors (Lipinski definition) is 4. The SMILES string of the molecule is C1CCCN(Cc2nc(C3CC3)c(CNC3CC3)s2)CC1. The summed E-state index contributed by atoms with van der Waals surface area (Å²) in [7, 11) is 0. The molecule has 1 aromatic heterocycles. The first kappa shape index (κ1) is 14.2. The summed E-state index contributed by atoms with van der Waals surface area (Å²) in [5.74, 6) is 0.787. The summed E-state index contributed by atoms with van der Waals surface area (Å²) in [6.07, 6.45) is 11.0. The van der Waals surface area contributed by atoms with Gasteiger partial charge in [-0.3, -0.25) is 4.90 Å². The van der Waals surface area contributed by atoms with Crippen molar-refractivity contribution in [3.8, 4) is 0 Å². The van der Waals surface area contributed by atoms with E-state index in [2.05, 4.69) is 10.2 Å². The molecule has 0 amide bonds. The Balaban J connectivity index is 1.42. The van der Waals surface area contributed by atoms with Gasteiger partial charge in [-0.05, 0) is 51.6 Å². The maximum absolute atomic E-state index is 5.03. The molecule has 0 aromatic carbocycles. The second-order valence-corrected chi connectivity index (χ2v) is 8.20. The lowest BCUT2D eigenvalue weighted by molar-refractivity contribution is 0.276.